The molecule has 0 aliphatic rings. The van der Waals surface area contributed by atoms with Crippen molar-refractivity contribution in [2.45, 2.75) is 0 Å². The third kappa shape index (κ3) is 2.04. The number of nitrogens with two attached hydrogens (primary N) is 1. The summed E-state index contributed by atoms with van der Waals surface area (Å²) in [5.74, 6) is 0.495. The van der Waals surface area contributed by atoms with Crippen molar-refractivity contribution in [1.29, 1.82) is 0 Å². The zero-order valence-corrected chi connectivity index (χ0v) is 11.4. The number of halogens is 1. The summed E-state index contributed by atoms with van der Waals surface area (Å²) < 4.78 is 23.7. The molecule has 3 rings (SSSR count). The van der Waals surface area contributed by atoms with Crippen LogP contribution in [0.4, 0.5) is 10.3 Å². The smallest absolute Gasteiger partial charge is 0.230 e. The van der Waals surface area contributed by atoms with Crippen LogP contribution < -0.4 is 10.5 Å². The van der Waals surface area contributed by atoms with E-state index in [9.17, 15) is 4.39 Å². The Kier molecular flexibility index (Phi) is 3.15. The number of methoxy groups -OCH3 is 1. The van der Waals surface area contributed by atoms with Crippen LogP contribution in [0.3, 0.4) is 0 Å². The van der Waals surface area contributed by atoms with Crippen LogP contribution in [0.15, 0.2) is 40.2 Å². The maximum absolute atomic E-state index is 13.4. The molecule has 6 heteroatoms. The molecule has 102 valence electrons. The second kappa shape index (κ2) is 4.97. The minimum absolute atomic E-state index is 0.154. The number of nitrogens with zero attached hydrogens (tertiary/aromatic N) is 1. The average molecular weight is 290 g/mol. The van der Waals surface area contributed by atoms with Gasteiger partial charge in [-0.15, -0.1) is 11.3 Å². The van der Waals surface area contributed by atoms with Gasteiger partial charge in [0.15, 0.2) is 0 Å². The molecule has 2 N–H and O–H groups in total. The number of anilines is 1. The highest BCUT2D eigenvalue weighted by atomic mass is 32.1. The average Bonchev–Trinajstić information content (AvgIpc) is 3.04. The molecule has 0 spiro atoms. The number of ether oxygens (including phenoxy) is 1. The molecule has 4 nitrogen and oxygen atoms in total. The minimum Gasteiger partial charge on any atom is -0.495 e. The van der Waals surface area contributed by atoms with Gasteiger partial charge in [-0.2, -0.15) is 0 Å². The molecule has 0 atom stereocenters. The maximum Gasteiger partial charge on any atom is 0.230 e. The highest BCUT2D eigenvalue weighted by Crippen LogP contribution is 2.42. The topological polar surface area (TPSA) is 61.3 Å². The van der Waals surface area contributed by atoms with Gasteiger partial charge in [0, 0.05) is 0 Å². The lowest BCUT2D eigenvalue weighted by molar-refractivity contribution is 0.416. The monoisotopic (exact) mass is 290 g/mol. The molecule has 0 radical (unpaired) electrons. The largest absolute Gasteiger partial charge is 0.495 e. The Morgan fingerprint density at radius 3 is 2.95 bits per heavy atom. The molecule has 0 bridgehead atoms. The number of aromatic nitrogens is 1. The third-order valence-electron chi connectivity index (χ3n) is 2.90. The van der Waals surface area contributed by atoms with Crippen molar-refractivity contribution in [1.82, 2.24) is 5.16 Å². The fourth-order valence-electron chi connectivity index (χ4n) is 2.01. The Bertz CT molecular complexity index is 751. The summed E-state index contributed by atoms with van der Waals surface area (Å²) in [6.45, 7) is 0. The summed E-state index contributed by atoms with van der Waals surface area (Å²) in [5, 5.41) is 5.86. The second-order valence-corrected chi connectivity index (χ2v) is 5.01. The summed E-state index contributed by atoms with van der Waals surface area (Å²) in [4.78, 5) is 0.798. The van der Waals surface area contributed by atoms with Crippen LogP contribution in [0.1, 0.15) is 0 Å². The summed E-state index contributed by atoms with van der Waals surface area (Å²) in [6, 6.07) is 7.98. The van der Waals surface area contributed by atoms with Crippen LogP contribution in [0.2, 0.25) is 0 Å². The van der Waals surface area contributed by atoms with E-state index in [0.717, 1.165) is 4.88 Å². The molecule has 0 aliphatic heterocycles. The van der Waals surface area contributed by atoms with Gasteiger partial charge in [0.1, 0.15) is 17.3 Å². The van der Waals surface area contributed by atoms with E-state index in [1.54, 1.807) is 19.2 Å². The van der Waals surface area contributed by atoms with Crippen LogP contribution in [-0.2, 0) is 0 Å². The Morgan fingerprint density at radius 2 is 2.20 bits per heavy atom. The summed E-state index contributed by atoms with van der Waals surface area (Å²) in [5.41, 5.74) is 7.58. The molecule has 0 fully saturated rings. The van der Waals surface area contributed by atoms with E-state index in [1.165, 1.54) is 23.5 Å². The van der Waals surface area contributed by atoms with Gasteiger partial charge in [0.25, 0.3) is 0 Å². The minimum atomic E-state index is -0.341. The highest BCUT2D eigenvalue weighted by molar-refractivity contribution is 7.14. The molecular weight excluding hydrogens is 279 g/mol. The molecule has 0 amide bonds. The van der Waals surface area contributed by atoms with Crippen LogP contribution in [0.25, 0.3) is 21.7 Å². The molecule has 0 aliphatic carbocycles. The maximum atomic E-state index is 13.4. The standard InChI is InChI=1S/C14H11FN2O2S/c1-18-10-5-6-20-13(10)12-11(14(16)19-17-12)8-3-2-4-9(15)7-8/h2-7H,16H2,1H3. The van der Waals surface area contributed by atoms with Gasteiger partial charge in [0.2, 0.25) is 5.88 Å². The van der Waals surface area contributed by atoms with Crippen molar-refractivity contribution in [3.05, 3.63) is 41.5 Å². The van der Waals surface area contributed by atoms with E-state index in [2.05, 4.69) is 5.16 Å². The molecule has 2 heterocycles. The Morgan fingerprint density at radius 1 is 1.35 bits per heavy atom. The first kappa shape index (κ1) is 12.7. The number of benzene rings is 1. The summed E-state index contributed by atoms with van der Waals surface area (Å²) in [7, 11) is 1.58. The number of nitrogen functional groups attached to an aromatic ring is 1. The van der Waals surface area contributed by atoms with Crippen molar-refractivity contribution < 1.29 is 13.7 Å². The van der Waals surface area contributed by atoms with Crippen molar-refractivity contribution in [3.63, 3.8) is 0 Å². The molecule has 0 saturated carbocycles. The number of hydrogen-bond acceptors (Lipinski definition) is 5. The van der Waals surface area contributed by atoms with E-state index in [1.807, 2.05) is 11.4 Å². The summed E-state index contributed by atoms with van der Waals surface area (Å²) >= 11 is 1.46. The molecule has 20 heavy (non-hydrogen) atoms. The van der Waals surface area contributed by atoms with Crippen LogP contribution in [0.5, 0.6) is 5.75 Å². The molecule has 3 aromatic rings. The number of hydrogen-bond donors (Lipinski definition) is 1. The second-order valence-electron chi connectivity index (χ2n) is 4.10. The Labute approximate surface area is 118 Å². The van der Waals surface area contributed by atoms with Gasteiger partial charge < -0.3 is 15.0 Å². The van der Waals surface area contributed by atoms with Crippen molar-refractivity contribution >= 4 is 17.2 Å². The number of rotatable bonds is 3. The van der Waals surface area contributed by atoms with Crippen LogP contribution in [0, 0.1) is 5.82 Å². The van der Waals surface area contributed by atoms with E-state index in [4.69, 9.17) is 15.0 Å². The van der Waals surface area contributed by atoms with Crippen molar-refractivity contribution in [2.75, 3.05) is 12.8 Å². The van der Waals surface area contributed by atoms with E-state index in [0.29, 0.717) is 22.6 Å². The lowest BCUT2D eigenvalue weighted by atomic mass is 10.0. The third-order valence-corrected chi connectivity index (χ3v) is 3.80. The van der Waals surface area contributed by atoms with Gasteiger partial charge in [-0.3, -0.25) is 0 Å². The Balaban J connectivity index is 2.20. The molecule has 1 aromatic carbocycles. The highest BCUT2D eigenvalue weighted by Gasteiger charge is 2.21. The molecule has 2 aromatic heterocycles. The lowest BCUT2D eigenvalue weighted by Gasteiger charge is -2.03. The van der Waals surface area contributed by atoms with E-state index >= 15 is 0 Å². The predicted octanol–water partition coefficient (Wildman–Crippen LogP) is 3.80. The number of thiophene rings is 1. The first-order chi connectivity index (χ1) is 9.70. The van der Waals surface area contributed by atoms with Crippen LogP contribution in [-0.4, -0.2) is 12.3 Å². The van der Waals surface area contributed by atoms with Gasteiger partial charge in [-0.25, -0.2) is 4.39 Å². The SMILES string of the molecule is COc1ccsc1-c1noc(N)c1-c1cccc(F)c1. The molecule has 0 unspecified atom stereocenters. The fourth-order valence-corrected chi connectivity index (χ4v) is 2.86. The first-order valence-corrected chi connectivity index (χ1v) is 6.71. The normalized spacial score (nSPS) is 10.7. The zero-order valence-electron chi connectivity index (χ0n) is 10.6. The van der Waals surface area contributed by atoms with Gasteiger partial charge in [-0.1, -0.05) is 17.3 Å². The zero-order chi connectivity index (χ0) is 14.1. The fraction of sp³-hybridized carbons (Fsp3) is 0.0714. The van der Waals surface area contributed by atoms with Crippen molar-refractivity contribution in [2.24, 2.45) is 0 Å². The lowest BCUT2D eigenvalue weighted by Crippen LogP contribution is -1.89. The molecule has 0 saturated heterocycles. The van der Waals surface area contributed by atoms with Crippen LogP contribution >= 0.6 is 11.3 Å². The van der Waals surface area contributed by atoms with Gasteiger partial charge in [-0.05, 0) is 29.1 Å². The van der Waals surface area contributed by atoms with Gasteiger partial charge >= 0.3 is 0 Å². The van der Waals surface area contributed by atoms with E-state index < -0.39 is 0 Å². The van der Waals surface area contributed by atoms with Gasteiger partial charge in [0.05, 0.1) is 17.6 Å². The van der Waals surface area contributed by atoms with Crippen molar-refractivity contribution in [3.8, 4) is 27.4 Å². The molecular formula is C14H11FN2O2S. The predicted molar refractivity (Wildman–Crippen MR) is 76.2 cm³/mol. The summed E-state index contributed by atoms with van der Waals surface area (Å²) in [6.07, 6.45) is 0. The Hall–Kier alpha value is -2.34. The quantitative estimate of drug-likeness (QED) is 0.797. The first-order valence-electron chi connectivity index (χ1n) is 5.83. The van der Waals surface area contributed by atoms with E-state index in [-0.39, 0.29) is 11.7 Å².